The van der Waals surface area contributed by atoms with Crippen LogP contribution >= 0.6 is 0 Å². The summed E-state index contributed by atoms with van der Waals surface area (Å²) >= 11 is 0. The molecule has 0 saturated heterocycles. The molecule has 0 bridgehead atoms. The van der Waals surface area contributed by atoms with Crippen LogP contribution in [-0.2, 0) is 6.54 Å². The van der Waals surface area contributed by atoms with Gasteiger partial charge in [-0.3, -0.25) is 15.1 Å². The molecule has 1 aromatic carbocycles. The molecule has 0 spiro atoms. The van der Waals surface area contributed by atoms with Gasteiger partial charge in [-0.25, -0.2) is 4.99 Å². The molecule has 0 amide bonds. The van der Waals surface area contributed by atoms with Gasteiger partial charge in [0.05, 0.1) is 17.2 Å². The molecule has 0 radical (unpaired) electrons. The van der Waals surface area contributed by atoms with Crippen molar-refractivity contribution >= 4 is 17.3 Å². The number of guanidine groups is 1. The van der Waals surface area contributed by atoms with Crippen LogP contribution in [0, 0.1) is 10.1 Å². The van der Waals surface area contributed by atoms with E-state index in [9.17, 15) is 10.1 Å². The summed E-state index contributed by atoms with van der Waals surface area (Å²) in [7, 11) is 0. The Morgan fingerprint density at radius 1 is 1.16 bits per heavy atom. The Kier molecular flexibility index (Phi) is 7.17. The highest BCUT2D eigenvalue weighted by Gasteiger charge is 2.11. The average molecular weight is 342 g/mol. The fraction of sp³-hybridized carbons (Fsp3) is 0.294. The lowest BCUT2D eigenvalue weighted by atomic mass is 10.2. The minimum absolute atomic E-state index is 0.0678. The minimum atomic E-state index is -0.395. The molecule has 2 aromatic rings. The van der Waals surface area contributed by atoms with Gasteiger partial charge in [-0.05, 0) is 25.1 Å². The second kappa shape index (κ2) is 9.86. The Morgan fingerprint density at radius 3 is 2.68 bits per heavy atom. The zero-order valence-corrected chi connectivity index (χ0v) is 14.1. The number of nitro benzene ring substituents is 1. The van der Waals surface area contributed by atoms with Crippen LogP contribution in [0.4, 0.5) is 11.4 Å². The van der Waals surface area contributed by atoms with E-state index in [0.29, 0.717) is 31.3 Å². The van der Waals surface area contributed by atoms with Crippen molar-refractivity contribution in [2.75, 3.05) is 25.0 Å². The smallest absolute Gasteiger partial charge is 0.292 e. The van der Waals surface area contributed by atoms with Gasteiger partial charge in [0.25, 0.3) is 5.69 Å². The van der Waals surface area contributed by atoms with Gasteiger partial charge in [-0.2, -0.15) is 0 Å². The molecule has 0 atom stereocenters. The molecule has 1 aromatic heterocycles. The van der Waals surface area contributed by atoms with Crippen LogP contribution in [-0.4, -0.2) is 35.5 Å². The summed E-state index contributed by atoms with van der Waals surface area (Å²) < 4.78 is 0. The molecule has 0 saturated carbocycles. The van der Waals surface area contributed by atoms with Gasteiger partial charge in [0.2, 0.25) is 0 Å². The van der Waals surface area contributed by atoms with E-state index < -0.39 is 4.92 Å². The van der Waals surface area contributed by atoms with E-state index in [1.165, 1.54) is 6.07 Å². The van der Waals surface area contributed by atoms with Gasteiger partial charge in [0.1, 0.15) is 5.69 Å². The topological polar surface area (TPSA) is 104 Å². The lowest BCUT2D eigenvalue weighted by molar-refractivity contribution is -0.384. The first kappa shape index (κ1) is 18.2. The first-order valence-corrected chi connectivity index (χ1v) is 8.10. The SMILES string of the molecule is CCNC(=NCc1ccccn1)NCCNc1ccccc1[N+](=O)[O-]. The van der Waals surface area contributed by atoms with Crippen molar-refractivity contribution in [3.63, 3.8) is 0 Å². The van der Waals surface area contributed by atoms with E-state index in [4.69, 9.17) is 0 Å². The van der Waals surface area contributed by atoms with Crippen molar-refractivity contribution in [3.05, 3.63) is 64.5 Å². The van der Waals surface area contributed by atoms with Gasteiger partial charge in [0, 0.05) is 31.9 Å². The zero-order valence-electron chi connectivity index (χ0n) is 14.1. The predicted octanol–water partition coefficient (Wildman–Crippen LogP) is 2.16. The fourth-order valence-corrected chi connectivity index (χ4v) is 2.15. The highest BCUT2D eigenvalue weighted by Crippen LogP contribution is 2.22. The summed E-state index contributed by atoms with van der Waals surface area (Å²) in [6, 6.07) is 12.3. The Bertz CT molecular complexity index is 705. The highest BCUT2D eigenvalue weighted by molar-refractivity contribution is 5.79. The lowest BCUT2D eigenvalue weighted by Crippen LogP contribution is -2.39. The van der Waals surface area contributed by atoms with Gasteiger partial charge in [-0.15, -0.1) is 0 Å². The van der Waals surface area contributed by atoms with Crippen LogP contribution < -0.4 is 16.0 Å². The van der Waals surface area contributed by atoms with Crippen molar-refractivity contribution in [1.82, 2.24) is 15.6 Å². The summed E-state index contributed by atoms with van der Waals surface area (Å²) in [4.78, 5) is 19.3. The van der Waals surface area contributed by atoms with E-state index in [1.54, 1.807) is 24.4 Å². The molecule has 2 rings (SSSR count). The Hall–Kier alpha value is -3.16. The average Bonchev–Trinajstić information content (AvgIpc) is 2.64. The maximum Gasteiger partial charge on any atom is 0.292 e. The Balaban J connectivity index is 1.84. The standard InChI is InChI=1S/C17H22N6O2/c1-2-18-17(22-13-14-7-5-6-10-19-14)21-12-11-20-15-8-3-4-9-16(15)23(24)25/h3-10,20H,2,11-13H2,1H3,(H2,18,21,22). The van der Waals surface area contributed by atoms with Crippen LogP contribution in [0.5, 0.6) is 0 Å². The molecule has 25 heavy (non-hydrogen) atoms. The van der Waals surface area contributed by atoms with E-state index in [1.807, 2.05) is 25.1 Å². The number of anilines is 1. The van der Waals surface area contributed by atoms with Crippen molar-refractivity contribution in [2.24, 2.45) is 4.99 Å². The van der Waals surface area contributed by atoms with Gasteiger partial charge < -0.3 is 16.0 Å². The number of para-hydroxylation sites is 2. The number of nitrogens with one attached hydrogen (secondary N) is 3. The van der Waals surface area contributed by atoms with Crippen LogP contribution in [0.3, 0.4) is 0 Å². The van der Waals surface area contributed by atoms with Gasteiger partial charge >= 0.3 is 0 Å². The third kappa shape index (κ3) is 6.09. The number of pyridine rings is 1. The van der Waals surface area contributed by atoms with E-state index in [2.05, 4.69) is 25.9 Å². The maximum absolute atomic E-state index is 11.0. The largest absolute Gasteiger partial charge is 0.378 e. The molecule has 8 heteroatoms. The summed E-state index contributed by atoms with van der Waals surface area (Å²) in [6.45, 7) is 4.31. The molecular weight excluding hydrogens is 320 g/mol. The molecule has 0 aliphatic heterocycles. The summed E-state index contributed by atoms with van der Waals surface area (Å²) in [6.07, 6.45) is 1.74. The number of aromatic nitrogens is 1. The number of nitro groups is 1. The second-order valence-electron chi connectivity index (χ2n) is 5.14. The molecule has 0 aliphatic carbocycles. The fourth-order valence-electron chi connectivity index (χ4n) is 2.15. The van der Waals surface area contributed by atoms with Crippen LogP contribution in [0.2, 0.25) is 0 Å². The molecule has 0 fully saturated rings. The summed E-state index contributed by atoms with van der Waals surface area (Å²) in [5, 5.41) is 20.4. The maximum atomic E-state index is 11.0. The molecule has 3 N–H and O–H groups in total. The lowest BCUT2D eigenvalue weighted by Gasteiger charge is -2.12. The number of benzene rings is 1. The Labute approximate surface area is 146 Å². The summed E-state index contributed by atoms with van der Waals surface area (Å²) in [5.41, 5.74) is 1.46. The van der Waals surface area contributed by atoms with E-state index in [-0.39, 0.29) is 5.69 Å². The summed E-state index contributed by atoms with van der Waals surface area (Å²) in [5.74, 6) is 0.678. The van der Waals surface area contributed by atoms with Crippen molar-refractivity contribution in [3.8, 4) is 0 Å². The number of hydrogen-bond donors (Lipinski definition) is 3. The van der Waals surface area contributed by atoms with Crippen LogP contribution in [0.25, 0.3) is 0 Å². The molecule has 0 unspecified atom stereocenters. The number of hydrogen-bond acceptors (Lipinski definition) is 5. The molecule has 1 heterocycles. The predicted molar refractivity (Wildman–Crippen MR) is 98.6 cm³/mol. The van der Waals surface area contributed by atoms with Crippen molar-refractivity contribution in [1.29, 1.82) is 0 Å². The normalized spacial score (nSPS) is 11.0. The number of rotatable bonds is 8. The molecule has 132 valence electrons. The third-order valence-corrected chi connectivity index (χ3v) is 3.30. The molecule has 8 nitrogen and oxygen atoms in total. The first-order valence-electron chi connectivity index (χ1n) is 8.10. The Morgan fingerprint density at radius 2 is 1.96 bits per heavy atom. The number of nitrogens with zero attached hydrogens (tertiary/aromatic N) is 3. The van der Waals surface area contributed by atoms with Crippen molar-refractivity contribution < 1.29 is 4.92 Å². The second-order valence-corrected chi connectivity index (χ2v) is 5.14. The van der Waals surface area contributed by atoms with E-state index >= 15 is 0 Å². The van der Waals surface area contributed by atoms with Crippen LogP contribution in [0.15, 0.2) is 53.7 Å². The monoisotopic (exact) mass is 342 g/mol. The zero-order chi connectivity index (χ0) is 17.9. The quantitative estimate of drug-likeness (QED) is 0.223. The highest BCUT2D eigenvalue weighted by atomic mass is 16.6. The number of aliphatic imine (C=N–C) groups is 1. The molecular formula is C17H22N6O2. The van der Waals surface area contributed by atoms with Crippen LogP contribution in [0.1, 0.15) is 12.6 Å². The van der Waals surface area contributed by atoms with Gasteiger partial charge in [0.15, 0.2) is 5.96 Å². The van der Waals surface area contributed by atoms with E-state index in [0.717, 1.165) is 12.2 Å². The minimum Gasteiger partial charge on any atom is -0.378 e. The van der Waals surface area contributed by atoms with Crippen molar-refractivity contribution in [2.45, 2.75) is 13.5 Å². The molecule has 0 aliphatic rings. The first-order chi connectivity index (χ1) is 12.2. The third-order valence-electron chi connectivity index (χ3n) is 3.30. The van der Waals surface area contributed by atoms with Gasteiger partial charge in [-0.1, -0.05) is 18.2 Å².